The van der Waals surface area contributed by atoms with Gasteiger partial charge in [0.15, 0.2) is 8.32 Å². The molecule has 1 nitrogen and oxygen atoms in total. The summed E-state index contributed by atoms with van der Waals surface area (Å²) in [6.45, 7) is 8.35. The number of unbranched alkanes of at least 4 members (excludes halogenated alkanes) is 1. The van der Waals surface area contributed by atoms with Gasteiger partial charge in [-0.1, -0.05) is 46.1 Å². The highest BCUT2D eigenvalue weighted by Gasteiger charge is 2.36. The predicted molar refractivity (Wildman–Crippen MR) is 76.4 cm³/mol. The van der Waals surface area contributed by atoms with Crippen LogP contribution in [0.5, 0.6) is 0 Å². The van der Waals surface area contributed by atoms with Crippen molar-refractivity contribution in [3.05, 3.63) is 12.2 Å². The summed E-state index contributed by atoms with van der Waals surface area (Å²) in [5.74, 6) is 0. The van der Waals surface area contributed by atoms with Crippen molar-refractivity contribution in [1.82, 2.24) is 0 Å². The highest BCUT2D eigenvalue weighted by molar-refractivity contribution is 6.74. The first-order valence-electron chi connectivity index (χ1n) is 9.27. The van der Waals surface area contributed by atoms with Crippen molar-refractivity contribution in [2.24, 2.45) is 0 Å². The lowest BCUT2D eigenvalue weighted by Gasteiger charge is -2.36. The van der Waals surface area contributed by atoms with Gasteiger partial charge in [0, 0.05) is 16.2 Å². The van der Waals surface area contributed by atoms with Crippen LogP contribution in [0.15, 0.2) is 12.2 Å². The van der Waals surface area contributed by atoms with E-state index in [2.05, 4.69) is 33.9 Å². The topological polar surface area (TPSA) is 9.23 Å². The van der Waals surface area contributed by atoms with Gasteiger partial charge in [-0.15, -0.1) is 0 Å². The molecule has 0 aliphatic heterocycles. The zero-order valence-corrected chi connectivity index (χ0v) is 12.2. The van der Waals surface area contributed by atoms with E-state index in [0.717, 1.165) is 6.08 Å². The Hall–Kier alpha value is -0.0831. The second-order valence-corrected chi connectivity index (χ2v) is 10.2. The van der Waals surface area contributed by atoms with Crippen LogP contribution >= 0.6 is 0 Å². The number of rotatable bonds is 7. The summed E-state index contributed by atoms with van der Waals surface area (Å²) in [6, 6.07) is 0. The van der Waals surface area contributed by atoms with E-state index in [0.29, 0.717) is 19.4 Å². The van der Waals surface area contributed by atoms with Gasteiger partial charge >= 0.3 is 0 Å². The lowest BCUT2D eigenvalue weighted by molar-refractivity contribution is 0.283. The molecule has 0 spiro atoms. The first-order valence-corrected chi connectivity index (χ1v) is 8.68. The molecular formula is C14H30OSi. The normalized spacial score (nSPS) is 22.7. The maximum absolute atomic E-state index is 7.67. The molecule has 0 bridgehead atoms. The van der Waals surface area contributed by atoms with Crippen LogP contribution in [0.2, 0.25) is 18.1 Å². The Labute approximate surface area is 113 Å². The average Bonchev–Trinajstić information content (AvgIpc) is 2.30. The van der Waals surface area contributed by atoms with E-state index < -0.39 is 27.9 Å². The molecule has 96 valence electrons. The quantitative estimate of drug-likeness (QED) is 0.345. The fourth-order valence-electron chi connectivity index (χ4n) is 0.929. The minimum Gasteiger partial charge on any atom is -0.417 e. The number of allylic oxidation sites excluding steroid dienone is 2. The Morgan fingerprint density at radius 3 is 2.56 bits per heavy atom. The van der Waals surface area contributed by atoms with Crippen molar-refractivity contribution in [2.45, 2.75) is 71.3 Å². The van der Waals surface area contributed by atoms with E-state index in [1.54, 1.807) is 0 Å². The summed E-state index contributed by atoms with van der Waals surface area (Å²) < 4.78 is 57.7. The zero-order chi connectivity index (χ0) is 18.7. The van der Waals surface area contributed by atoms with E-state index in [4.69, 9.17) is 14.0 Å². The van der Waals surface area contributed by atoms with Gasteiger partial charge in [0.1, 0.15) is 0 Å². The molecule has 0 amide bonds. The molecule has 0 radical (unpaired) electrons. The average molecular weight is 250 g/mol. The minimum atomic E-state index is -3.01. The fraction of sp³-hybridized carbons (Fsp3) is 0.857. The first-order chi connectivity index (χ1) is 9.96. The van der Waals surface area contributed by atoms with Gasteiger partial charge < -0.3 is 4.43 Å². The van der Waals surface area contributed by atoms with E-state index in [1.165, 1.54) is 6.08 Å². The Morgan fingerprint density at radius 1 is 1.31 bits per heavy atom. The third-order valence-corrected chi connectivity index (χ3v) is 7.60. The van der Waals surface area contributed by atoms with Crippen LogP contribution < -0.4 is 0 Å². The number of hydrogen-bond acceptors (Lipinski definition) is 1. The standard InChI is InChI=1S/C14H30OSi/c1-7-8-9-10-11-12-13-15-16(5,6)14(2,3)4/h9-10H,7-8,11-13H2,1-6H3/b10-9+/i1D3,7D2,8D2. The molecule has 0 aromatic rings. The molecule has 0 fully saturated rings. The molecule has 0 saturated carbocycles. The molecule has 0 aliphatic rings. The Morgan fingerprint density at radius 2 is 2.00 bits per heavy atom. The molecule has 0 aliphatic carbocycles. The Balaban J connectivity index is 4.47. The molecule has 0 aromatic heterocycles. The zero-order valence-electron chi connectivity index (χ0n) is 18.2. The molecule has 0 rings (SSSR count). The smallest absolute Gasteiger partial charge is 0.191 e. The molecule has 0 aromatic carbocycles. The SMILES string of the molecule is [2H]C([2H])([2H])C([2H])([2H])C([2H])([2H])/C=C/CCCO[Si](C)(C)C(C)(C)C. The summed E-state index contributed by atoms with van der Waals surface area (Å²) >= 11 is 0. The monoisotopic (exact) mass is 249 g/mol. The molecule has 0 unspecified atom stereocenters. The maximum atomic E-state index is 7.67. The van der Waals surface area contributed by atoms with Crippen molar-refractivity contribution in [3.8, 4) is 0 Å². The van der Waals surface area contributed by atoms with E-state index in [9.17, 15) is 0 Å². The molecule has 16 heavy (non-hydrogen) atoms. The van der Waals surface area contributed by atoms with Crippen molar-refractivity contribution >= 4 is 8.32 Å². The fourth-order valence-corrected chi connectivity index (χ4v) is 2.02. The molecule has 0 heterocycles. The van der Waals surface area contributed by atoms with Crippen LogP contribution in [0.3, 0.4) is 0 Å². The summed E-state index contributed by atoms with van der Waals surface area (Å²) in [7, 11) is -1.79. The highest BCUT2D eigenvalue weighted by atomic mass is 28.4. The highest BCUT2D eigenvalue weighted by Crippen LogP contribution is 2.36. The van der Waals surface area contributed by atoms with E-state index >= 15 is 0 Å². The van der Waals surface area contributed by atoms with Gasteiger partial charge in [-0.25, -0.2) is 0 Å². The molecule has 2 heteroatoms. The second-order valence-electron chi connectivity index (χ2n) is 5.42. The van der Waals surface area contributed by atoms with Crippen LogP contribution in [-0.4, -0.2) is 14.9 Å². The Kier molecular flexibility index (Phi) is 3.36. The third kappa shape index (κ3) is 6.49. The van der Waals surface area contributed by atoms with Gasteiger partial charge in [-0.05, 0) is 37.3 Å². The van der Waals surface area contributed by atoms with Crippen molar-refractivity contribution in [2.75, 3.05) is 6.61 Å². The van der Waals surface area contributed by atoms with Gasteiger partial charge in [0.25, 0.3) is 0 Å². The summed E-state index contributed by atoms with van der Waals surface area (Å²) in [4.78, 5) is 0. The summed E-state index contributed by atoms with van der Waals surface area (Å²) in [5.41, 5.74) is 0. The molecule has 0 saturated heterocycles. The van der Waals surface area contributed by atoms with Gasteiger partial charge in [-0.3, -0.25) is 0 Å². The van der Waals surface area contributed by atoms with Crippen molar-refractivity contribution in [3.63, 3.8) is 0 Å². The minimum absolute atomic E-state index is 0.135. The van der Waals surface area contributed by atoms with Crippen LogP contribution in [-0.2, 0) is 4.43 Å². The lowest BCUT2D eigenvalue weighted by Crippen LogP contribution is -2.40. The summed E-state index contributed by atoms with van der Waals surface area (Å²) in [6.07, 6.45) is -1.74. The molecular weight excluding hydrogens is 212 g/mol. The van der Waals surface area contributed by atoms with Crippen LogP contribution in [0.1, 0.15) is 62.8 Å². The van der Waals surface area contributed by atoms with Crippen molar-refractivity contribution < 1.29 is 14.0 Å². The van der Waals surface area contributed by atoms with Crippen LogP contribution in [0, 0.1) is 0 Å². The largest absolute Gasteiger partial charge is 0.417 e. The molecule has 0 atom stereocenters. The van der Waals surface area contributed by atoms with Crippen molar-refractivity contribution in [1.29, 1.82) is 0 Å². The maximum Gasteiger partial charge on any atom is 0.191 e. The first kappa shape index (κ1) is 7.37. The number of hydrogen-bond donors (Lipinski definition) is 0. The lowest BCUT2D eigenvalue weighted by atomic mass is 10.2. The van der Waals surface area contributed by atoms with Crippen LogP contribution in [0.25, 0.3) is 0 Å². The predicted octanol–water partition coefficient (Wildman–Crippen LogP) is 5.14. The van der Waals surface area contributed by atoms with Gasteiger partial charge in [0.05, 0.1) is 0 Å². The van der Waals surface area contributed by atoms with Crippen LogP contribution in [0.4, 0.5) is 0 Å². The van der Waals surface area contributed by atoms with E-state index in [1.807, 2.05) is 0 Å². The Bertz CT molecular complexity index is 408. The summed E-state index contributed by atoms with van der Waals surface area (Å²) in [5, 5.41) is 0.135. The van der Waals surface area contributed by atoms with Gasteiger partial charge in [0.2, 0.25) is 0 Å². The molecule has 0 N–H and O–H groups in total. The third-order valence-electron chi connectivity index (χ3n) is 3.06. The second kappa shape index (κ2) is 7.28. The van der Waals surface area contributed by atoms with Gasteiger partial charge in [-0.2, -0.15) is 0 Å². The van der Waals surface area contributed by atoms with E-state index in [-0.39, 0.29) is 5.04 Å².